The van der Waals surface area contributed by atoms with Crippen molar-refractivity contribution < 1.29 is 0 Å². The normalized spacial score (nSPS) is 27.9. The zero-order valence-electron chi connectivity index (χ0n) is 13.2. The quantitative estimate of drug-likeness (QED) is 0.944. The number of benzene rings is 1. The second kappa shape index (κ2) is 5.48. The number of hydrogen-bond donors (Lipinski definition) is 1. The highest BCUT2D eigenvalue weighted by molar-refractivity contribution is 7.16. The van der Waals surface area contributed by atoms with Crippen LogP contribution in [0.1, 0.15) is 31.2 Å². The largest absolute Gasteiger partial charge is 0.311 e. The van der Waals surface area contributed by atoms with E-state index in [1.165, 1.54) is 42.6 Å². The molecule has 0 radical (unpaired) electrons. The van der Waals surface area contributed by atoms with Crippen LogP contribution in [0.5, 0.6) is 0 Å². The number of thiazole rings is 1. The molecule has 22 heavy (non-hydrogen) atoms. The second-order valence-corrected chi connectivity index (χ2v) is 7.90. The third kappa shape index (κ3) is 2.51. The number of piperidine rings is 1. The van der Waals surface area contributed by atoms with E-state index < -0.39 is 0 Å². The minimum atomic E-state index is 0.121. The summed E-state index contributed by atoms with van der Waals surface area (Å²) in [5, 5.41) is 3.71. The first-order valence-corrected chi connectivity index (χ1v) is 8.96. The highest BCUT2D eigenvalue weighted by Crippen LogP contribution is 2.30. The summed E-state index contributed by atoms with van der Waals surface area (Å²) in [7, 11) is 4.09. The number of aromatic nitrogens is 1. The van der Waals surface area contributed by atoms with Gasteiger partial charge in [0.25, 0.3) is 0 Å². The molecule has 1 N–H and O–H groups in total. The van der Waals surface area contributed by atoms with Crippen LogP contribution in [0, 0.1) is 0 Å². The van der Waals surface area contributed by atoms with Gasteiger partial charge in [-0.15, -0.1) is 0 Å². The van der Waals surface area contributed by atoms with Crippen LogP contribution >= 0.6 is 11.3 Å². The fourth-order valence-corrected chi connectivity index (χ4v) is 5.02. The highest BCUT2D eigenvalue weighted by atomic mass is 32.1. The number of hydrogen-bond acceptors (Lipinski definition) is 4. The average molecular weight is 317 g/mol. The maximum absolute atomic E-state index is 11.8. The van der Waals surface area contributed by atoms with Crippen LogP contribution in [0.2, 0.25) is 0 Å². The molecule has 1 aromatic carbocycles. The van der Waals surface area contributed by atoms with E-state index in [0.29, 0.717) is 6.04 Å². The lowest BCUT2D eigenvalue weighted by molar-refractivity contribution is 0.166. The van der Waals surface area contributed by atoms with Gasteiger partial charge in [-0.2, -0.15) is 0 Å². The van der Waals surface area contributed by atoms with E-state index in [1.807, 2.05) is 7.05 Å². The van der Waals surface area contributed by atoms with Crippen molar-refractivity contribution >= 4 is 21.6 Å². The smallest absolute Gasteiger partial charge is 0.307 e. The van der Waals surface area contributed by atoms with E-state index >= 15 is 0 Å². The van der Waals surface area contributed by atoms with E-state index in [1.54, 1.807) is 4.57 Å². The summed E-state index contributed by atoms with van der Waals surface area (Å²) in [5.74, 6) is 0. The molecule has 118 valence electrons. The van der Waals surface area contributed by atoms with Crippen molar-refractivity contribution in [2.24, 2.45) is 7.05 Å². The number of rotatable bonds is 3. The van der Waals surface area contributed by atoms with Crippen molar-refractivity contribution in [3.8, 4) is 0 Å². The monoisotopic (exact) mass is 317 g/mol. The van der Waals surface area contributed by atoms with Crippen molar-refractivity contribution in [3.63, 3.8) is 0 Å². The van der Waals surface area contributed by atoms with Gasteiger partial charge >= 0.3 is 4.87 Å². The Labute approximate surface area is 134 Å². The van der Waals surface area contributed by atoms with Gasteiger partial charge < -0.3 is 9.88 Å². The molecule has 2 aliphatic rings. The number of aryl methyl sites for hydroxylation is 1. The maximum atomic E-state index is 11.8. The van der Waals surface area contributed by atoms with Crippen LogP contribution in [0.15, 0.2) is 23.0 Å². The second-order valence-electron chi connectivity index (χ2n) is 6.91. The molecule has 2 aliphatic heterocycles. The van der Waals surface area contributed by atoms with Crippen molar-refractivity contribution in [3.05, 3.63) is 33.4 Å². The van der Waals surface area contributed by atoms with E-state index in [9.17, 15) is 4.79 Å². The Bertz CT molecular complexity index is 738. The molecule has 2 bridgehead atoms. The first-order chi connectivity index (χ1) is 10.6. The summed E-state index contributed by atoms with van der Waals surface area (Å²) >= 11 is 1.35. The summed E-state index contributed by atoms with van der Waals surface area (Å²) < 4.78 is 2.83. The van der Waals surface area contributed by atoms with Crippen LogP contribution in [-0.4, -0.2) is 34.6 Å². The lowest BCUT2D eigenvalue weighted by Crippen LogP contribution is -2.46. The molecule has 5 heteroatoms. The van der Waals surface area contributed by atoms with Gasteiger partial charge in [-0.1, -0.05) is 17.4 Å². The molecule has 4 rings (SSSR count). The van der Waals surface area contributed by atoms with Gasteiger partial charge in [0.2, 0.25) is 0 Å². The van der Waals surface area contributed by atoms with Gasteiger partial charge in [0.1, 0.15) is 0 Å². The predicted octanol–water partition coefficient (Wildman–Crippen LogP) is 2.31. The Balaban J connectivity index is 1.51. The predicted molar refractivity (Wildman–Crippen MR) is 91.5 cm³/mol. The SMILES string of the molecule is CN(Cc1ccc2c(c1)sc(=O)n2C)C1CC2CCC(C1)N2. The topological polar surface area (TPSA) is 37.3 Å². The molecule has 2 saturated heterocycles. The lowest BCUT2D eigenvalue weighted by atomic mass is 9.98. The van der Waals surface area contributed by atoms with E-state index in [-0.39, 0.29) is 4.87 Å². The molecule has 0 aliphatic carbocycles. The zero-order valence-corrected chi connectivity index (χ0v) is 14.0. The van der Waals surface area contributed by atoms with E-state index in [4.69, 9.17) is 0 Å². The number of fused-ring (bicyclic) bond motifs is 3. The Morgan fingerprint density at radius 2 is 2.05 bits per heavy atom. The Morgan fingerprint density at radius 1 is 1.32 bits per heavy atom. The molecule has 2 atom stereocenters. The first kappa shape index (κ1) is 14.4. The molecule has 2 unspecified atom stereocenters. The van der Waals surface area contributed by atoms with Crippen molar-refractivity contribution in [2.45, 2.75) is 50.4 Å². The minimum absolute atomic E-state index is 0.121. The molecule has 0 saturated carbocycles. The van der Waals surface area contributed by atoms with E-state index in [0.717, 1.165) is 28.8 Å². The van der Waals surface area contributed by atoms with Crippen LogP contribution in [0.25, 0.3) is 10.2 Å². The molecule has 0 amide bonds. The first-order valence-electron chi connectivity index (χ1n) is 8.15. The van der Waals surface area contributed by atoms with Crippen LogP contribution < -0.4 is 10.2 Å². The van der Waals surface area contributed by atoms with Gasteiger partial charge in [0.05, 0.1) is 10.2 Å². The van der Waals surface area contributed by atoms with E-state index in [2.05, 4.69) is 35.5 Å². The third-order valence-electron chi connectivity index (χ3n) is 5.36. The molecular weight excluding hydrogens is 294 g/mol. The summed E-state index contributed by atoms with van der Waals surface area (Å²) in [4.78, 5) is 14.4. The third-order valence-corrected chi connectivity index (χ3v) is 6.36. The molecule has 3 heterocycles. The molecule has 2 fully saturated rings. The van der Waals surface area contributed by atoms with Gasteiger partial charge in [-0.25, -0.2) is 0 Å². The zero-order chi connectivity index (χ0) is 15.3. The Kier molecular flexibility index (Phi) is 3.59. The van der Waals surface area contributed by atoms with Gasteiger partial charge in [0.15, 0.2) is 0 Å². The standard InChI is InChI=1S/C17H23N3OS/c1-19(14-8-12-4-5-13(9-14)18-12)10-11-3-6-15-16(7-11)22-17(21)20(15)2/h3,6-7,12-14,18H,4-5,8-10H2,1-2H3. The number of nitrogens with zero attached hydrogens (tertiary/aromatic N) is 2. The fourth-order valence-electron chi connectivity index (χ4n) is 4.08. The maximum Gasteiger partial charge on any atom is 0.307 e. The lowest BCUT2D eigenvalue weighted by Gasteiger charge is -2.35. The van der Waals surface area contributed by atoms with Crippen LogP contribution in [-0.2, 0) is 13.6 Å². The van der Waals surface area contributed by atoms with Crippen molar-refractivity contribution in [2.75, 3.05) is 7.05 Å². The Hall–Kier alpha value is -1.17. The summed E-state index contributed by atoms with van der Waals surface area (Å²) in [5.41, 5.74) is 2.35. The summed E-state index contributed by atoms with van der Waals surface area (Å²) in [6, 6.07) is 8.58. The molecular formula is C17H23N3OS. The average Bonchev–Trinajstić information content (AvgIpc) is 2.98. The minimum Gasteiger partial charge on any atom is -0.311 e. The van der Waals surface area contributed by atoms with Gasteiger partial charge in [-0.3, -0.25) is 9.69 Å². The number of nitrogens with one attached hydrogen (secondary N) is 1. The fraction of sp³-hybridized carbons (Fsp3) is 0.588. The van der Waals surface area contributed by atoms with Crippen molar-refractivity contribution in [1.82, 2.24) is 14.8 Å². The molecule has 0 spiro atoms. The summed E-state index contributed by atoms with van der Waals surface area (Å²) in [6.45, 7) is 0.968. The molecule has 4 nitrogen and oxygen atoms in total. The van der Waals surface area contributed by atoms with Crippen LogP contribution in [0.4, 0.5) is 0 Å². The summed E-state index contributed by atoms with van der Waals surface area (Å²) in [6.07, 6.45) is 5.24. The van der Waals surface area contributed by atoms with Gasteiger partial charge in [-0.05, 0) is 50.4 Å². The van der Waals surface area contributed by atoms with Crippen LogP contribution in [0.3, 0.4) is 0 Å². The Morgan fingerprint density at radius 3 is 2.77 bits per heavy atom. The highest BCUT2D eigenvalue weighted by Gasteiger charge is 2.34. The molecule has 2 aromatic rings. The van der Waals surface area contributed by atoms with Crippen molar-refractivity contribution in [1.29, 1.82) is 0 Å². The van der Waals surface area contributed by atoms with Gasteiger partial charge in [0, 0.05) is 31.7 Å². The molecule has 1 aromatic heterocycles.